The Balaban J connectivity index is 2.31. The Morgan fingerprint density at radius 3 is 2.62 bits per heavy atom. The lowest BCUT2D eigenvalue weighted by Crippen LogP contribution is -2.10. The molecule has 0 fully saturated rings. The second kappa shape index (κ2) is 6.07. The van der Waals surface area contributed by atoms with Gasteiger partial charge in [-0.05, 0) is 6.07 Å². The summed E-state index contributed by atoms with van der Waals surface area (Å²) < 4.78 is 32.7. The molecule has 0 unspecified atom stereocenters. The molecule has 0 aliphatic carbocycles. The summed E-state index contributed by atoms with van der Waals surface area (Å²) in [5, 5.41) is 0. The second-order valence-electron chi connectivity index (χ2n) is 3.74. The zero-order valence-electron chi connectivity index (χ0n) is 10.8. The number of rotatable bonds is 4. The Hall–Kier alpha value is -2.84. The van der Waals surface area contributed by atoms with Crippen LogP contribution in [0, 0.1) is 0 Å². The largest absolute Gasteiger partial charge is 0.464 e. The van der Waals surface area contributed by atoms with Gasteiger partial charge in [0.05, 0.1) is 19.0 Å². The number of aromatic nitrogens is 3. The highest BCUT2D eigenvalue weighted by atomic mass is 19.3. The normalized spacial score (nSPS) is 10.5. The first-order valence-electron chi connectivity index (χ1n) is 5.63. The Labute approximate surface area is 117 Å². The van der Waals surface area contributed by atoms with E-state index in [1.54, 1.807) is 0 Å². The minimum absolute atomic E-state index is 0.0730. The molecule has 0 saturated carbocycles. The van der Waals surface area contributed by atoms with E-state index in [4.69, 9.17) is 5.73 Å². The first kappa shape index (κ1) is 14.6. The number of ether oxygens (including phenoxy) is 2. The number of nitrogens with two attached hydrogens (primary N) is 1. The highest BCUT2D eigenvalue weighted by Gasteiger charge is 2.15. The van der Waals surface area contributed by atoms with Gasteiger partial charge < -0.3 is 15.2 Å². The van der Waals surface area contributed by atoms with Crippen LogP contribution in [0.2, 0.25) is 0 Å². The van der Waals surface area contributed by atoms with Crippen molar-refractivity contribution in [2.75, 3.05) is 12.8 Å². The van der Waals surface area contributed by atoms with Gasteiger partial charge in [-0.15, -0.1) is 0 Å². The van der Waals surface area contributed by atoms with Gasteiger partial charge in [-0.25, -0.2) is 19.7 Å². The molecule has 0 amide bonds. The van der Waals surface area contributed by atoms with Crippen LogP contribution in [-0.2, 0) is 4.74 Å². The fraction of sp³-hybridized carbons (Fsp3) is 0.167. The van der Waals surface area contributed by atoms with Crippen LogP contribution in [0.4, 0.5) is 14.6 Å². The van der Waals surface area contributed by atoms with Crippen molar-refractivity contribution in [1.29, 1.82) is 0 Å². The molecule has 0 saturated heterocycles. The van der Waals surface area contributed by atoms with Gasteiger partial charge in [-0.1, -0.05) is 0 Å². The number of esters is 1. The van der Waals surface area contributed by atoms with Gasteiger partial charge in [0.25, 0.3) is 0 Å². The maximum Gasteiger partial charge on any atom is 0.388 e. The maximum atomic E-state index is 12.0. The number of pyridine rings is 1. The Morgan fingerprint density at radius 2 is 2.05 bits per heavy atom. The zero-order valence-corrected chi connectivity index (χ0v) is 10.8. The zero-order chi connectivity index (χ0) is 15.4. The van der Waals surface area contributed by atoms with Gasteiger partial charge in [0.1, 0.15) is 0 Å². The van der Waals surface area contributed by atoms with E-state index in [1.807, 2.05) is 0 Å². The van der Waals surface area contributed by atoms with Crippen molar-refractivity contribution in [1.82, 2.24) is 15.0 Å². The molecule has 0 spiro atoms. The van der Waals surface area contributed by atoms with E-state index in [0.29, 0.717) is 11.3 Å². The number of carbonyl (C=O) groups is 1. The number of hydrogen-bond donors (Lipinski definition) is 1. The molecule has 2 N–H and O–H groups in total. The highest BCUT2D eigenvalue weighted by molar-refractivity contribution is 5.92. The molecule has 2 heterocycles. The standard InChI is InChI=1S/C12H10F2N4O3/c1-20-11(19)9-10(15)17-5-7(18-9)6-2-3-8(16-4-6)21-12(13)14/h2-5,12H,1H3,(H2,15,17). The predicted octanol–water partition coefficient (Wildman–Crippen LogP) is 1.51. The van der Waals surface area contributed by atoms with Crippen LogP contribution >= 0.6 is 0 Å². The van der Waals surface area contributed by atoms with Crippen LogP contribution in [0.5, 0.6) is 5.88 Å². The molecule has 7 nitrogen and oxygen atoms in total. The summed E-state index contributed by atoms with van der Waals surface area (Å²) in [7, 11) is 1.19. The van der Waals surface area contributed by atoms with Gasteiger partial charge in [0.2, 0.25) is 5.88 Å². The van der Waals surface area contributed by atoms with E-state index in [-0.39, 0.29) is 17.4 Å². The van der Waals surface area contributed by atoms with Crippen molar-refractivity contribution < 1.29 is 23.0 Å². The molecule has 9 heteroatoms. The number of nitrogen functional groups attached to an aromatic ring is 1. The molecular formula is C12H10F2N4O3. The molecule has 21 heavy (non-hydrogen) atoms. The van der Waals surface area contributed by atoms with Gasteiger partial charge in [-0.3, -0.25) is 0 Å². The van der Waals surface area contributed by atoms with Gasteiger partial charge >= 0.3 is 12.6 Å². The molecule has 0 aliphatic heterocycles. The Kier molecular flexibility index (Phi) is 4.21. The lowest BCUT2D eigenvalue weighted by Gasteiger charge is -2.06. The molecule has 2 aromatic rings. The molecule has 0 atom stereocenters. The van der Waals surface area contributed by atoms with E-state index in [0.717, 1.165) is 0 Å². The monoisotopic (exact) mass is 296 g/mol. The van der Waals surface area contributed by atoms with Crippen molar-refractivity contribution in [2.24, 2.45) is 0 Å². The maximum absolute atomic E-state index is 12.0. The Bertz CT molecular complexity index is 649. The van der Waals surface area contributed by atoms with Crippen LogP contribution in [0.15, 0.2) is 24.5 Å². The second-order valence-corrected chi connectivity index (χ2v) is 3.74. The number of anilines is 1. The average molecular weight is 296 g/mol. The lowest BCUT2D eigenvalue weighted by atomic mass is 10.2. The van der Waals surface area contributed by atoms with Crippen LogP contribution in [-0.4, -0.2) is 34.6 Å². The number of alkyl halides is 2. The third kappa shape index (κ3) is 3.38. The number of nitrogens with zero attached hydrogens (tertiary/aromatic N) is 3. The van der Waals surface area contributed by atoms with Crippen molar-refractivity contribution in [3.63, 3.8) is 0 Å². The molecule has 0 radical (unpaired) electrons. The SMILES string of the molecule is COC(=O)c1nc(-c2ccc(OC(F)F)nc2)cnc1N. The predicted molar refractivity (Wildman–Crippen MR) is 67.6 cm³/mol. The topological polar surface area (TPSA) is 100 Å². The summed E-state index contributed by atoms with van der Waals surface area (Å²) in [6.07, 6.45) is 2.59. The summed E-state index contributed by atoms with van der Waals surface area (Å²) in [6.45, 7) is -2.95. The van der Waals surface area contributed by atoms with Crippen LogP contribution in [0.25, 0.3) is 11.3 Å². The first-order chi connectivity index (χ1) is 10.0. The van der Waals surface area contributed by atoms with Crippen molar-refractivity contribution in [2.45, 2.75) is 6.61 Å². The number of methoxy groups -OCH3 is 1. The van der Waals surface area contributed by atoms with Crippen molar-refractivity contribution >= 4 is 11.8 Å². The third-order valence-electron chi connectivity index (χ3n) is 2.42. The molecule has 0 aliphatic rings. The van der Waals surface area contributed by atoms with Crippen molar-refractivity contribution in [3.8, 4) is 17.1 Å². The quantitative estimate of drug-likeness (QED) is 0.853. The van der Waals surface area contributed by atoms with E-state index in [9.17, 15) is 13.6 Å². The summed E-state index contributed by atoms with van der Waals surface area (Å²) in [5.74, 6) is -1.03. The summed E-state index contributed by atoms with van der Waals surface area (Å²) in [4.78, 5) is 23.0. The van der Waals surface area contributed by atoms with Crippen LogP contribution < -0.4 is 10.5 Å². The molecule has 2 aromatic heterocycles. The summed E-state index contributed by atoms with van der Waals surface area (Å²) in [6, 6.07) is 2.70. The average Bonchev–Trinajstić information content (AvgIpc) is 2.47. The lowest BCUT2D eigenvalue weighted by molar-refractivity contribution is -0.0528. The molecule has 0 aromatic carbocycles. The molecule has 2 rings (SSSR count). The molecule has 0 bridgehead atoms. The number of hydrogen-bond acceptors (Lipinski definition) is 7. The van der Waals surface area contributed by atoms with Crippen LogP contribution in [0.3, 0.4) is 0 Å². The van der Waals surface area contributed by atoms with E-state index in [2.05, 4.69) is 24.4 Å². The Morgan fingerprint density at radius 1 is 1.29 bits per heavy atom. The summed E-state index contributed by atoms with van der Waals surface area (Å²) >= 11 is 0. The fourth-order valence-electron chi connectivity index (χ4n) is 1.48. The van der Waals surface area contributed by atoms with E-state index < -0.39 is 12.6 Å². The fourth-order valence-corrected chi connectivity index (χ4v) is 1.48. The number of carbonyl (C=O) groups excluding carboxylic acids is 1. The smallest absolute Gasteiger partial charge is 0.388 e. The third-order valence-corrected chi connectivity index (χ3v) is 2.42. The van der Waals surface area contributed by atoms with Gasteiger partial charge in [0, 0.05) is 17.8 Å². The van der Waals surface area contributed by atoms with E-state index in [1.165, 1.54) is 31.6 Å². The van der Waals surface area contributed by atoms with Gasteiger partial charge in [-0.2, -0.15) is 8.78 Å². The molecular weight excluding hydrogens is 286 g/mol. The van der Waals surface area contributed by atoms with Crippen molar-refractivity contribution in [3.05, 3.63) is 30.2 Å². The summed E-state index contributed by atoms with van der Waals surface area (Å²) in [5.41, 5.74) is 6.14. The molecule has 110 valence electrons. The van der Waals surface area contributed by atoms with Gasteiger partial charge in [0.15, 0.2) is 11.5 Å². The van der Waals surface area contributed by atoms with Crippen LogP contribution in [0.1, 0.15) is 10.5 Å². The number of halogens is 2. The first-order valence-corrected chi connectivity index (χ1v) is 5.63. The highest BCUT2D eigenvalue weighted by Crippen LogP contribution is 2.20. The minimum Gasteiger partial charge on any atom is -0.464 e. The minimum atomic E-state index is -2.95. The van der Waals surface area contributed by atoms with E-state index >= 15 is 0 Å².